The first-order valence-electron chi connectivity index (χ1n) is 12.5. The molecule has 180 valence electrons. The Morgan fingerprint density at radius 1 is 0.971 bits per heavy atom. The Kier molecular flexibility index (Phi) is 10.4. The second kappa shape index (κ2) is 13.7. The van der Waals surface area contributed by atoms with E-state index in [4.69, 9.17) is 9.47 Å². The molecule has 3 aromatic rings. The summed E-state index contributed by atoms with van der Waals surface area (Å²) >= 11 is 0. The van der Waals surface area contributed by atoms with Crippen LogP contribution in [0.1, 0.15) is 57.9 Å². The molecule has 0 bridgehead atoms. The highest BCUT2D eigenvalue weighted by Crippen LogP contribution is 2.29. The Bertz CT molecular complexity index is 1090. The average Bonchev–Trinajstić information content (AvgIpc) is 2.85. The van der Waals surface area contributed by atoms with Crippen LogP contribution >= 0.6 is 0 Å². The molecule has 0 saturated heterocycles. The van der Waals surface area contributed by atoms with Crippen molar-refractivity contribution >= 4 is 16.8 Å². The van der Waals surface area contributed by atoms with E-state index in [2.05, 4.69) is 26.5 Å². The largest absolute Gasteiger partial charge is 0.490 e. The summed E-state index contributed by atoms with van der Waals surface area (Å²) in [5, 5.41) is 2.11. The Morgan fingerprint density at radius 3 is 2.59 bits per heavy atom. The van der Waals surface area contributed by atoms with Gasteiger partial charge < -0.3 is 9.47 Å². The minimum Gasteiger partial charge on any atom is -0.490 e. The van der Waals surface area contributed by atoms with Gasteiger partial charge in [0.25, 0.3) is 0 Å². The lowest BCUT2D eigenvalue weighted by atomic mass is 9.99. The summed E-state index contributed by atoms with van der Waals surface area (Å²) in [7, 11) is 0. The van der Waals surface area contributed by atoms with Crippen molar-refractivity contribution in [1.29, 1.82) is 0 Å². The lowest BCUT2D eigenvalue weighted by Gasteiger charge is -2.12. The van der Waals surface area contributed by atoms with Crippen LogP contribution in [-0.2, 0) is 4.74 Å². The normalized spacial score (nSPS) is 12.3. The molecule has 0 amide bonds. The molecule has 0 heterocycles. The lowest BCUT2D eigenvalue weighted by Crippen LogP contribution is -2.08. The van der Waals surface area contributed by atoms with Crippen LogP contribution in [0.3, 0.4) is 0 Å². The van der Waals surface area contributed by atoms with Crippen LogP contribution in [0.4, 0.5) is 4.39 Å². The van der Waals surface area contributed by atoms with Crippen molar-refractivity contribution in [3.63, 3.8) is 0 Å². The van der Waals surface area contributed by atoms with E-state index in [1.54, 1.807) is 12.1 Å². The van der Waals surface area contributed by atoms with E-state index < -0.39 is 0 Å². The Morgan fingerprint density at radius 2 is 1.79 bits per heavy atom. The average molecular weight is 461 g/mol. The van der Waals surface area contributed by atoms with Crippen molar-refractivity contribution in [3.05, 3.63) is 84.7 Å². The molecule has 0 aliphatic rings. The molecule has 3 heteroatoms. The van der Waals surface area contributed by atoms with E-state index in [9.17, 15) is 4.39 Å². The monoisotopic (exact) mass is 460 g/mol. The van der Waals surface area contributed by atoms with Crippen molar-refractivity contribution in [2.24, 2.45) is 0 Å². The van der Waals surface area contributed by atoms with Crippen LogP contribution in [0.15, 0.2) is 73.3 Å². The summed E-state index contributed by atoms with van der Waals surface area (Å²) in [4.78, 5) is 0. The first-order chi connectivity index (χ1) is 16.6. The van der Waals surface area contributed by atoms with Gasteiger partial charge in [0, 0.05) is 12.2 Å². The number of hydrogen-bond acceptors (Lipinski definition) is 2. The molecule has 0 aliphatic carbocycles. The fourth-order valence-electron chi connectivity index (χ4n) is 3.97. The number of benzene rings is 3. The number of hydrogen-bond donors (Lipinski definition) is 0. The second-order valence-corrected chi connectivity index (χ2v) is 8.78. The summed E-state index contributed by atoms with van der Waals surface area (Å²) in [5.41, 5.74) is 2.36. The van der Waals surface area contributed by atoms with Crippen LogP contribution in [0.5, 0.6) is 5.75 Å². The van der Waals surface area contributed by atoms with Gasteiger partial charge in [-0.25, -0.2) is 4.39 Å². The van der Waals surface area contributed by atoms with Gasteiger partial charge in [0.2, 0.25) is 0 Å². The smallest absolute Gasteiger partial charge is 0.131 e. The number of rotatable bonds is 14. The van der Waals surface area contributed by atoms with E-state index in [0.29, 0.717) is 18.3 Å². The van der Waals surface area contributed by atoms with Crippen LogP contribution < -0.4 is 4.74 Å². The first-order valence-corrected chi connectivity index (χ1v) is 12.5. The molecule has 0 aliphatic heterocycles. The molecule has 0 saturated carbocycles. The van der Waals surface area contributed by atoms with Crippen LogP contribution in [-0.4, -0.2) is 19.3 Å². The van der Waals surface area contributed by atoms with Gasteiger partial charge >= 0.3 is 0 Å². The molecule has 1 atom stereocenters. The van der Waals surface area contributed by atoms with Crippen LogP contribution in [0.2, 0.25) is 0 Å². The summed E-state index contributed by atoms with van der Waals surface area (Å²) in [6, 6.07) is 17.4. The maximum Gasteiger partial charge on any atom is 0.131 e. The quantitative estimate of drug-likeness (QED) is 0.176. The highest BCUT2D eigenvalue weighted by molar-refractivity contribution is 5.88. The van der Waals surface area contributed by atoms with Crippen LogP contribution in [0, 0.1) is 5.82 Å². The van der Waals surface area contributed by atoms with Gasteiger partial charge in [0.1, 0.15) is 18.2 Å². The molecule has 0 spiro atoms. The Balaban J connectivity index is 1.55. The molecule has 1 unspecified atom stereocenters. The molecule has 3 rings (SSSR count). The standard InChI is InChI=1S/C31H37FO2/c1-4-6-10-20-33-24(3)11-8-7-9-12-25-13-18-30(31(32)21-25)28-15-14-27-23-29(34-19-5-2)17-16-26(27)22-28/h5,9,12-18,21-24H,2,4,6-8,10-11,19-20H2,1,3H3. The topological polar surface area (TPSA) is 18.5 Å². The number of allylic oxidation sites excluding steroid dienone is 1. The van der Waals surface area contributed by atoms with Crippen molar-refractivity contribution in [3.8, 4) is 16.9 Å². The highest BCUT2D eigenvalue weighted by Gasteiger charge is 2.07. The maximum atomic E-state index is 14.9. The number of fused-ring (bicyclic) bond motifs is 1. The van der Waals surface area contributed by atoms with Gasteiger partial charge in [-0.05, 0) is 78.8 Å². The van der Waals surface area contributed by atoms with E-state index in [1.807, 2.05) is 54.6 Å². The highest BCUT2D eigenvalue weighted by atomic mass is 19.1. The van der Waals surface area contributed by atoms with Gasteiger partial charge in [-0.1, -0.05) is 74.9 Å². The van der Waals surface area contributed by atoms with Gasteiger partial charge in [-0.15, -0.1) is 0 Å². The minimum atomic E-state index is -0.207. The fourth-order valence-corrected chi connectivity index (χ4v) is 3.97. The van der Waals surface area contributed by atoms with Crippen LogP contribution in [0.25, 0.3) is 28.0 Å². The molecule has 3 aromatic carbocycles. The lowest BCUT2D eigenvalue weighted by molar-refractivity contribution is 0.0566. The van der Waals surface area contributed by atoms with E-state index in [0.717, 1.165) is 59.9 Å². The zero-order valence-electron chi connectivity index (χ0n) is 20.6. The first kappa shape index (κ1) is 25.7. The minimum absolute atomic E-state index is 0.207. The van der Waals surface area contributed by atoms with Crippen molar-refractivity contribution < 1.29 is 13.9 Å². The number of ether oxygens (including phenoxy) is 2. The summed E-state index contributed by atoms with van der Waals surface area (Å²) in [6.07, 6.45) is 12.8. The molecular weight excluding hydrogens is 423 g/mol. The predicted molar refractivity (Wildman–Crippen MR) is 143 cm³/mol. The van der Waals surface area contributed by atoms with Gasteiger partial charge in [0.15, 0.2) is 0 Å². The molecule has 0 radical (unpaired) electrons. The zero-order valence-corrected chi connectivity index (χ0v) is 20.6. The zero-order chi connectivity index (χ0) is 24.2. The molecule has 0 fully saturated rings. The second-order valence-electron chi connectivity index (χ2n) is 8.78. The molecule has 0 aromatic heterocycles. The van der Waals surface area contributed by atoms with E-state index in [-0.39, 0.29) is 5.82 Å². The van der Waals surface area contributed by atoms with Gasteiger partial charge in [-0.2, -0.15) is 0 Å². The van der Waals surface area contributed by atoms with Gasteiger partial charge in [-0.3, -0.25) is 0 Å². The van der Waals surface area contributed by atoms with E-state index >= 15 is 0 Å². The summed E-state index contributed by atoms with van der Waals surface area (Å²) < 4.78 is 26.4. The third-order valence-corrected chi connectivity index (χ3v) is 5.93. The number of halogens is 1. The molecule has 2 nitrogen and oxygen atoms in total. The van der Waals surface area contributed by atoms with Crippen molar-refractivity contribution in [2.45, 2.75) is 58.5 Å². The van der Waals surface area contributed by atoms with E-state index in [1.165, 1.54) is 12.8 Å². The molecular formula is C31H37FO2. The Hall–Kier alpha value is -2.91. The van der Waals surface area contributed by atoms with Crippen molar-refractivity contribution in [1.82, 2.24) is 0 Å². The molecule has 0 N–H and O–H groups in total. The molecule has 34 heavy (non-hydrogen) atoms. The third-order valence-electron chi connectivity index (χ3n) is 5.93. The predicted octanol–water partition coefficient (Wildman–Crippen LogP) is 8.99. The fraction of sp³-hybridized carbons (Fsp3) is 0.355. The van der Waals surface area contributed by atoms with Gasteiger partial charge in [0.05, 0.1) is 6.10 Å². The number of unbranched alkanes of at least 4 members (excludes halogenated alkanes) is 3. The SMILES string of the molecule is C=CCOc1ccc2cc(-c3ccc(C=CCCCC(C)OCCCCC)cc3F)ccc2c1. The third kappa shape index (κ3) is 7.85. The summed E-state index contributed by atoms with van der Waals surface area (Å²) in [5.74, 6) is 0.595. The maximum absolute atomic E-state index is 14.9. The summed E-state index contributed by atoms with van der Waals surface area (Å²) in [6.45, 7) is 9.36. The Labute approximate surface area is 204 Å². The van der Waals surface area contributed by atoms with Crippen molar-refractivity contribution in [2.75, 3.05) is 13.2 Å².